The third-order valence-electron chi connectivity index (χ3n) is 7.71. The molecule has 4 aromatic heterocycles. The van der Waals surface area contributed by atoms with E-state index in [1.165, 1.54) is 0 Å². The van der Waals surface area contributed by atoms with E-state index in [-0.39, 0.29) is 0 Å². The van der Waals surface area contributed by atoms with Gasteiger partial charge < -0.3 is 4.90 Å². The molecule has 42 heavy (non-hydrogen) atoms. The number of para-hydroxylation sites is 2. The fraction of sp³-hybridized carbons (Fsp3) is 0. The molecule has 198 valence electrons. The maximum Gasteiger partial charge on any atom is 0.145 e. The number of hydrogen-bond donors (Lipinski definition) is 0. The Hall–Kier alpha value is -5.81. The van der Waals surface area contributed by atoms with Crippen LogP contribution < -0.4 is 4.90 Å². The standard InChI is InChI=1S/C37H25N5/c1-3-8-28(9-4-1)41(29-10-5-2-6-11-29)31-18-20-36-33(24-31)32-12-7-22-39-37(32)42(36)30-16-13-26(14-17-30)34-19-15-27-21-23-38-25-35(27)40-34/h1-25H. The lowest BCUT2D eigenvalue weighted by Crippen LogP contribution is -2.09. The highest BCUT2D eigenvalue weighted by atomic mass is 15.1. The average molecular weight is 540 g/mol. The van der Waals surface area contributed by atoms with Crippen molar-refractivity contribution in [1.29, 1.82) is 0 Å². The van der Waals surface area contributed by atoms with Crippen LogP contribution in [0.3, 0.4) is 0 Å². The molecule has 0 fully saturated rings. The number of pyridine rings is 3. The Morgan fingerprint density at radius 3 is 2.10 bits per heavy atom. The lowest BCUT2D eigenvalue weighted by molar-refractivity contribution is 1.13. The van der Waals surface area contributed by atoms with Gasteiger partial charge in [0.25, 0.3) is 0 Å². The molecule has 4 aromatic carbocycles. The molecule has 8 aromatic rings. The summed E-state index contributed by atoms with van der Waals surface area (Å²) in [6.45, 7) is 0. The van der Waals surface area contributed by atoms with Crippen molar-refractivity contribution < 1.29 is 0 Å². The molecule has 4 heterocycles. The third-order valence-corrected chi connectivity index (χ3v) is 7.71. The molecule has 5 heteroatoms. The molecule has 0 aliphatic rings. The van der Waals surface area contributed by atoms with E-state index >= 15 is 0 Å². The zero-order chi connectivity index (χ0) is 27.9. The fourth-order valence-electron chi connectivity index (χ4n) is 5.75. The number of anilines is 3. The number of nitrogens with zero attached hydrogens (tertiary/aromatic N) is 5. The van der Waals surface area contributed by atoms with Crippen LogP contribution in [-0.4, -0.2) is 19.5 Å². The summed E-state index contributed by atoms with van der Waals surface area (Å²) >= 11 is 0. The van der Waals surface area contributed by atoms with Crippen LogP contribution in [0.2, 0.25) is 0 Å². The van der Waals surface area contributed by atoms with Gasteiger partial charge in [0.05, 0.1) is 22.9 Å². The van der Waals surface area contributed by atoms with Crippen molar-refractivity contribution in [3.8, 4) is 16.9 Å². The van der Waals surface area contributed by atoms with Gasteiger partial charge in [-0.3, -0.25) is 9.55 Å². The third kappa shape index (κ3) is 4.07. The van der Waals surface area contributed by atoms with E-state index in [1.54, 1.807) is 6.20 Å². The summed E-state index contributed by atoms with van der Waals surface area (Å²) in [6.07, 6.45) is 5.46. The van der Waals surface area contributed by atoms with Crippen LogP contribution in [0.4, 0.5) is 17.1 Å². The van der Waals surface area contributed by atoms with Gasteiger partial charge in [-0.2, -0.15) is 0 Å². The first-order chi connectivity index (χ1) is 20.8. The van der Waals surface area contributed by atoms with Crippen molar-refractivity contribution in [2.45, 2.75) is 0 Å². The highest BCUT2D eigenvalue weighted by Gasteiger charge is 2.17. The second-order valence-corrected chi connectivity index (χ2v) is 10.2. The van der Waals surface area contributed by atoms with Gasteiger partial charge >= 0.3 is 0 Å². The van der Waals surface area contributed by atoms with Crippen molar-refractivity contribution in [1.82, 2.24) is 19.5 Å². The van der Waals surface area contributed by atoms with Crippen LogP contribution in [0.1, 0.15) is 0 Å². The summed E-state index contributed by atoms with van der Waals surface area (Å²) in [5, 5.41) is 3.35. The maximum atomic E-state index is 4.83. The van der Waals surface area contributed by atoms with Gasteiger partial charge in [-0.1, -0.05) is 54.6 Å². The summed E-state index contributed by atoms with van der Waals surface area (Å²) in [7, 11) is 0. The predicted octanol–water partition coefficient (Wildman–Crippen LogP) is 9.26. The minimum absolute atomic E-state index is 0.890. The lowest BCUT2D eigenvalue weighted by Gasteiger charge is -2.25. The van der Waals surface area contributed by atoms with E-state index in [0.29, 0.717) is 0 Å². The van der Waals surface area contributed by atoms with Crippen LogP contribution >= 0.6 is 0 Å². The smallest absolute Gasteiger partial charge is 0.145 e. The molecule has 0 aliphatic heterocycles. The number of rotatable bonds is 5. The molecular weight excluding hydrogens is 514 g/mol. The zero-order valence-corrected chi connectivity index (χ0v) is 22.7. The monoisotopic (exact) mass is 539 g/mol. The highest BCUT2D eigenvalue weighted by molar-refractivity contribution is 6.09. The van der Waals surface area contributed by atoms with Gasteiger partial charge in [-0.05, 0) is 78.9 Å². The quantitative estimate of drug-likeness (QED) is 0.219. The van der Waals surface area contributed by atoms with Crippen LogP contribution in [-0.2, 0) is 0 Å². The Morgan fingerprint density at radius 1 is 0.571 bits per heavy atom. The maximum absolute atomic E-state index is 4.83. The number of hydrogen-bond acceptors (Lipinski definition) is 4. The van der Waals surface area contributed by atoms with Crippen LogP contribution in [0.5, 0.6) is 0 Å². The molecule has 0 unspecified atom stereocenters. The summed E-state index contributed by atoms with van der Waals surface area (Å²) in [5.74, 6) is 0. The summed E-state index contributed by atoms with van der Waals surface area (Å²) < 4.78 is 2.24. The molecule has 0 bridgehead atoms. The van der Waals surface area contributed by atoms with E-state index in [0.717, 1.165) is 66.8 Å². The molecule has 0 saturated heterocycles. The normalized spacial score (nSPS) is 11.3. The average Bonchev–Trinajstić information content (AvgIpc) is 3.39. The van der Waals surface area contributed by atoms with Crippen molar-refractivity contribution in [3.63, 3.8) is 0 Å². The van der Waals surface area contributed by atoms with E-state index in [2.05, 4.69) is 124 Å². The lowest BCUT2D eigenvalue weighted by atomic mass is 10.1. The largest absolute Gasteiger partial charge is 0.310 e. The Bertz CT molecular complexity index is 2150. The number of aromatic nitrogens is 4. The topological polar surface area (TPSA) is 46.8 Å². The number of benzene rings is 4. The van der Waals surface area contributed by atoms with Gasteiger partial charge in [0.2, 0.25) is 0 Å². The van der Waals surface area contributed by atoms with E-state index in [4.69, 9.17) is 9.97 Å². The molecule has 0 radical (unpaired) electrons. The van der Waals surface area contributed by atoms with E-state index in [9.17, 15) is 0 Å². The molecule has 0 saturated carbocycles. The van der Waals surface area contributed by atoms with Crippen molar-refractivity contribution in [2.75, 3.05) is 4.90 Å². The van der Waals surface area contributed by atoms with Crippen molar-refractivity contribution in [3.05, 3.63) is 152 Å². The van der Waals surface area contributed by atoms with E-state index in [1.807, 2.05) is 36.7 Å². The SMILES string of the molecule is c1ccc(N(c2ccccc2)c2ccc3c(c2)c2cccnc2n3-c2ccc(-c3ccc4ccncc4n3)cc2)cc1. The van der Waals surface area contributed by atoms with Gasteiger partial charge in [-0.15, -0.1) is 0 Å². The van der Waals surface area contributed by atoms with Gasteiger partial charge in [0.15, 0.2) is 0 Å². The predicted molar refractivity (Wildman–Crippen MR) is 172 cm³/mol. The Labute approximate surface area is 243 Å². The molecule has 0 spiro atoms. The molecular formula is C37H25N5. The Balaban J connectivity index is 1.26. The molecule has 8 rings (SSSR count). The van der Waals surface area contributed by atoms with Gasteiger partial charge in [-0.25, -0.2) is 9.97 Å². The van der Waals surface area contributed by atoms with Crippen LogP contribution in [0.15, 0.2) is 152 Å². The first kappa shape index (κ1) is 24.0. The van der Waals surface area contributed by atoms with Crippen molar-refractivity contribution in [2.24, 2.45) is 0 Å². The molecule has 0 amide bonds. The second-order valence-electron chi connectivity index (χ2n) is 10.2. The van der Waals surface area contributed by atoms with E-state index < -0.39 is 0 Å². The second kappa shape index (κ2) is 9.98. The zero-order valence-electron chi connectivity index (χ0n) is 22.7. The first-order valence-electron chi connectivity index (χ1n) is 13.9. The molecule has 0 aliphatic carbocycles. The minimum Gasteiger partial charge on any atom is -0.310 e. The van der Waals surface area contributed by atoms with Crippen molar-refractivity contribution >= 4 is 49.9 Å². The minimum atomic E-state index is 0.890. The first-order valence-corrected chi connectivity index (χ1v) is 13.9. The molecule has 0 atom stereocenters. The summed E-state index contributed by atoms with van der Waals surface area (Å²) in [4.78, 5) is 16.2. The number of fused-ring (bicyclic) bond motifs is 4. The fourth-order valence-corrected chi connectivity index (χ4v) is 5.75. The Morgan fingerprint density at radius 2 is 1.33 bits per heavy atom. The summed E-state index contributed by atoms with van der Waals surface area (Å²) in [5.41, 5.74) is 9.27. The molecule has 0 N–H and O–H groups in total. The van der Waals surface area contributed by atoms with Gasteiger partial charge in [0, 0.05) is 56.9 Å². The molecule has 5 nitrogen and oxygen atoms in total. The summed E-state index contributed by atoms with van der Waals surface area (Å²) in [6, 6.07) is 46.5. The van der Waals surface area contributed by atoms with Crippen LogP contribution in [0.25, 0.3) is 49.8 Å². The van der Waals surface area contributed by atoms with Crippen LogP contribution in [0, 0.1) is 0 Å². The Kier molecular flexibility index (Phi) is 5.71. The highest BCUT2D eigenvalue weighted by Crippen LogP contribution is 2.39. The van der Waals surface area contributed by atoms with Gasteiger partial charge in [0.1, 0.15) is 5.65 Å².